The molecule has 0 aliphatic heterocycles. The molecule has 0 radical (unpaired) electrons. The van der Waals surface area contributed by atoms with Crippen LogP contribution in [0.25, 0.3) is 0 Å². The van der Waals surface area contributed by atoms with Crippen molar-refractivity contribution in [3.63, 3.8) is 0 Å². The van der Waals surface area contributed by atoms with Gasteiger partial charge < -0.3 is 5.73 Å². The lowest BCUT2D eigenvalue weighted by Crippen LogP contribution is -2.15. The van der Waals surface area contributed by atoms with Gasteiger partial charge in [0.1, 0.15) is 10.7 Å². The fourth-order valence-electron chi connectivity index (χ4n) is 1.73. The van der Waals surface area contributed by atoms with Crippen LogP contribution in [-0.2, 0) is 10.0 Å². The number of halogens is 1. The summed E-state index contributed by atoms with van der Waals surface area (Å²) in [4.78, 5) is 10.5. The molecular weight excluding hydrogens is 295 g/mol. The van der Waals surface area contributed by atoms with Crippen LogP contribution in [-0.4, -0.2) is 14.3 Å². The van der Waals surface area contributed by atoms with E-state index in [1.54, 1.807) is 6.92 Å². The molecule has 0 fully saturated rings. The summed E-state index contributed by atoms with van der Waals surface area (Å²) >= 11 is 0. The number of benzene rings is 2. The Labute approximate surface area is 121 Å². The highest BCUT2D eigenvalue weighted by molar-refractivity contribution is 7.92. The molecule has 0 saturated carbocycles. The van der Waals surface area contributed by atoms with E-state index in [2.05, 4.69) is 4.72 Å². The molecule has 2 rings (SSSR count). The number of carbonyl (C=O) groups excluding carboxylic acids is 1. The first-order valence-electron chi connectivity index (χ1n) is 5.98. The maximum atomic E-state index is 13.7. The number of carbonyl (C=O) groups is 1. The summed E-state index contributed by atoms with van der Waals surface area (Å²) in [5, 5.41) is 0. The monoisotopic (exact) mass is 308 g/mol. The quantitative estimate of drug-likeness (QED) is 0.905. The van der Waals surface area contributed by atoms with E-state index in [0.29, 0.717) is 5.56 Å². The van der Waals surface area contributed by atoms with Gasteiger partial charge in [-0.1, -0.05) is 6.07 Å². The topological polar surface area (TPSA) is 89.3 Å². The fraction of sp³-hybridized carbons (Fsp3) is 0.0714. The molecule has 110 valence electrons. The maximum Gasteiger partial charge on any atom is 0.264 e. The van der Waals surface area contributed by atoms with E-state index in [-0.39, 0.29) is 11.3 Å². The summed E-state index contributed by atoms with van der Waals surface area (Å²) < 4.78 is 40.2. The van der Waals surface area contributed by atoms with Gasteiger partial charge in [-0.15, -0.1) is 0 Å². The predicted molar refractivity (Wildman–Crippen MR) is 76.9 cm³/mol. The van der Waals surface area contributed by atoms with Crippen LogP contribution in [0.3, 0.4) is 0 Å². The van der Waals surface area contributed by atoms with Gasteiger partial charge in [-0.25, -0.2) is 12.8 Å². The number of nitrogens with one attached hydrogen (secondary N) is 1. The van der Waals surface area contributed by atoms with Crippen molar-refractivity contribution in [2.75, 3.05) is 4.72 Å². The second-order valence-electron chi connectivity index (χ2n) is 4.48. The van der Waals surface area contributed by atoms with Crippen LogP contribution in [0, 0.1) is 12.7 Å². The van der Waals surface area contributed by atoms with Gasteiger partial charge in [0.25, 0.3) is 10.0 Å². The standard InChI is InChI=1S/C14H13FN2O3S/c1-9-2-7-12(15)13(8-9)21(19,20)17-11-5-3-10(4-6-11)14(16)18/h2-8,17H,1H3,(H2,16,18). The largest absolute Gasteiger partial charge is 0.366 e. The van der Waals surface area contributed by atoms with Gasteiger partial charge in [0.2, 0.25) is 5.91 Å². The molecule has 0 aliphatic carbocycles. The van der Waals surface area contributed by atoms with E-state index in [4.69, 9.17) is 5.73 Å². The number of primary amides is 1. The molecule has 0 unspecified atom stereocenters. The van der Waals surface area contributed by atoms with Crippen molar-refractivity contribution >= 4 is 21.6 Å². The molecule has 0 spiro atoms. The molecule has 0 bridgehead atoms. The zero-order chi connectivity index (χ0) is 15.6. The van der Waals surface area contributed by atoms with Crippen molar-refractivity contribution in [1.82, 2.24) is 0 Å². The Bertz CT molecular complexity index is 786. The zero-order valence-corrected chi connectivity index (χ0v) is 11.9. The summed E-state index contributed by atoms with van der Waals surface area (Å²) in [6, 6.07) is 9.35. The molecule has 3 N–H and O–H groups in total. The highest BCUT2D eigenvalue weighted by Crippen LogP contribution is 2.20. The smallest absolute Gasteiger partial charge is 0.264 e. The van der Waals surface area contributed by atoms with Crippen molar-refractivity contribution in [3.8, 4) is 0 Å². The molecule has 0 aliphatic rings. The van der Waals surface area contributed by atoms with Crippen molar-refractivity contribution in [2.45, 2.75) is 11.8 Å². The molecule has 0 heterocycles. The highest BCUT2D eigenvalue weighted by atomic mass is 32.2. The Hall–Kier alpha value is -2.41. The number of hydrogen-bond acceptors (Lipinski definition) is 3. The van der Waals surface area contributed by atoms with Gasteiger partial charge in [0.05, 0.1) is 0 Å². The van der Waals surface area contributed by atoms with Crippen molar-refractivity contribution < 1.29 is 17.6 Å². The normalized spacial score (nSPS) is 11.1. The van der Waals surface area contributed by atoms with Crippen LogP contribution >= 0.6 is 0 Å². The fourth-order valence-corrected chi connectivity index (χ4v) is 2.95. The summed E-state index contributed by atoms with van der Waals surface area (Å²) in [5.41, 5.74) is 6.18. The van der Waals surface area contributed by atoms with E-state index in [9.17, 15) is 17.6 Å². The van der Waals surface area contributed by atoms with Gasteiger partial charge in [0, 0.05) is 11.3 Å². The molecule has 0 saturated heterocycles. The number of nitrogens with two attached hydrogens (primary N) is 1. The van der Waals surface area contributed by atoms with E-state index in [1.807, 2.05) is 0 Å². The van der Waals surface area contributed by atoms with Crippen LogP contribution in [0.2, 0.25) is 0 Å². The van der Waals surface area contributed by atoms with Crippen LogP contribution < -0.4 is 10.5 Å². The van der Waals surface area contributed by atoms with Gasteiger partial charge in [-0.05, 0) is 48.9 Å². The van der Waals surface area contributed by atoms with E-state index in [1.165, 1.54) is 36.4 Å². The number of aryl methyl sites for hydroxylation is 1. The molecule has 5 nitrogen and oxygen atoms in total. The highest BCUT2D eigenvalue weighted by Gasteiger charge is 2.19. The molecule has 2 aromatic carbocycles. The van der Waals surface area contributed by atoms with Crippen LogP contribution in [0.1, 0.15) is 15.9 Å². The van der Waals surface area contributed by atoms with Crippen molar-refractivity contribution in [3.05, 3.63) is 59.4 Å². The molecular formula is C14H13FN2O3S. The number of hydrogen-bond donors (Lipinski definition) is 2. The number of anilines is 1. The van der Waals surface area contributed by atoms with Crippen molar-refractivity contribution in [1.29, 1.82) is 0 Å². The molecule has 2 aromatic rings. The Morgan fingerprint density at radius 2 is 1.76 bits per heavy atom. The number of amides is 1. The van der Waals surface area contributed by atoms with E-state index >= 15 is 0 Å². The third-order valence-corrected chi connectivity index (χ3v) is 4.19. The molecule has 0 atom stereocenters. The molecule has 7 heteroatoms. The molecule has 1 amide bonds. The minimum atomic E-state index is -4.04. The summed E-state index contributed by atoms with van der Waals surface area (Å²) in [5.74, 6) is -1.45. The third-order valence-electron chi connectivity index (χ3n) is 2.80. The second-order valence-corrected chi connectivity index (χ2v) is 6.13. The average Bonchev–Trinajstić information content (AvgIpc) is 2.41. The van der Waals surface area contributed by atoms with E-state index in [0.717, 1.165) is 6.07 Å². The lowest BCUT2D eigenvalue weighted by molar-refractivity contribution is 0.100. The van der Waals surface area contributed by atoms with Gasteiger partial charge in [-0.2, -0.15) is 0 Å². The van der Waals surface area contributed by atoms with E-state index < -0.39 is 26.6 Å². The van der Waals surface area contributed by atoms with Crippen LogP contribution in [0.5, 0.6) is 0 Å². The summed E-state index contributed by atoms with van der Waals surface area (Å²) in [6.07, 6.45) is 0. The first kappa shape index (κ1) is 15.0. The lowest BCUT2D eigenvalue weighted by atomic mass is 10.2. The first-order valence-corrected chi connectivity index (χ1v) is 7.47. The average molecular weight is 308 g/mol. The first-order chi connectivity index (χ1) is 9.79. The van der Waals surface area contributed by atoms with Gasteiger partial charge in [-0.3, -0.25) is 9.52 Å². The zero-order valence-electron chi connectivity index (χ0n) is 11.1. The Kier molecular flexibility index (Phi) is 3.95. The third kappa shape index (κ3) is 3.38. The Morgan fingerprint density at radius 3 is 2.33 bits per heavy atom. The minimum Gasteiger partial charge on any atom is -0.366 e. The molecule has 21 heavy (non-hydrogen) atoms. The molecule has 0 aromatic heterocycles. The SMILES string of the molecule is Cc1ccc(F)c(S(=O)(=O)Nc2ccc(C(N)=O)cc2)c1. The second kappa shape index (κ2) is 5.53. The Balaban J connectivity index is 2.33. The number of sulfonamides is 1. The predicted octanol–water partition coefficient (Wildman–Crippen LogP) is 2.03. The lowest BCUT2D eigenvalue weighted by Gasteiger charge is -2.09. The van der Waals surface area contributed by atoms with Crippen LogP contribution in [0.4, 0.5) is 10.1 Å². The van der Waals surface area contributed by atoms with Gasteiger partial charge in [0.15, 0.2) is 0 Å². The van der Waals surface area contributed by atoms with Crippen molar-refractivity contribution in [2.24, 2.45) is 5.73 Å². The Morgan fingerprint density at radius 1 is 1.14 bits per heavy atom. The van der Waals surface area contributed by atoms with Gasteiger partial charge >= 0.3 is 0 Å². The van der Waals surface area contributed by atoms with Crippen LogP contribution in [0.15, 0.2) is 47.4 Å². The minimum absolute atomic E-state index is 0.209. The summed E-state index contributed by atoms with van der Waals surface area (Å²) in [6.45, 7) is 1.67. The number of rotatable bonds is 4. The maximum absolute atomic E-state index is 13.7. The summed E-state index contributed by atoms with van der Waals surface area (Å²) in [7, 11) is -4.04.